The summed E-state index contributed by atoms with van der Waals surface area (Å²) in [6.07, 6.45) is 1.27. The number of aromatic hydroxyl groups is 1. The lowest BCUT2D eigenvalue weighted by molar-refractivity contribution is -0.114. The van der Waals surface area contributed by atoms with Crippen molar-refractivity contribution in [3.8, 4) is 11.6 Å². The Kier molecular flexibility index (Phi) is 5.14. The van der Waals surface area contributed by atoms with Gasteiger partial charge >= 0.3 is 5.69 Å². The van der Waals surface area contributed by atoms with E-state index in [2.05, 4.69) is 10.1 Å². The van der Waals surface area contributed by atoms with Crippen LogP contribution >= 0.6 is 0 Å². The zero-order chi connectivity index (χ0) is 23.2. The molecule has 32 heavy (non-hydrogen) atoms. The fourth-order valence-corrected chi connectivity index (χ4v) is 3.54. The van der Waals surface area contributed by atoms with Gasteiger partial charge in [-0.1, -0.05) is 18.2 Å². The van der Waals surface area contributed by atoms with Crippen LogP contribution in [0.5, 0.6) is 5.88 Å². The fraction of sp³-hybridized carbons (Fsp3) is 0.167. The molecule has 8 heteroatoms. The molecule has 162 valence electrons. The Bertz CT molecular complexity index is 1440. The Morgan fingerprint density at radius 3 is 2.38 bits per heavy atom. The van der Waals surface area contributed by atoms with Crippen molar-refractivity contribution in [2.45, 2.75) is 27.7 Å². The van der Waals surface area contributed by atoms with Crippen molar-refractivity contribution >= 4 is 23.4 Å². The number of aromatic amines is 1. The minimum atomic E-state index is -0.797. The molecule has 2 heterocycles. The second kappa shape index (κ2) is 7.81. The van der Waals surface area contributed by atoms with Crippen LogP contribution in [0.2, 0.25) is 0 Å². The summed E-state index contributed by atoms with van der Waals surface area (Å²) in [6.45, 7) is 7.41. The number of amides is 1. The molecule has 1 aliphatic rings. The summed E-state index contributed by atoms with van der Waals surface area (Å²) in [4.78, 5) is 40.2. The fourth-order valence-electron chi connectivity index (χ4n) is 3.54. The number of rotatable bonds is 3. The lowest BCUT2D eigenvalue weighted by Crippen LogP contribution is -2.30. The SMILES string of the molecule is CC1=NN(c2ccc(C)c(C)c2)C(=O)/C1=C/c1c(O)n(-c2cccc(C)c2)c(=O)[nH]c1=O. The van der Waals surface area contributed by atoms with Crippen LogP contribution < -0.4 is 16.3 Å². The number of carbonyl (C=O) groups excluding carboxylic acids is 1. The first-order chi connectivity index (χ1) is 15.2. The van der Waals surface area contributed by atoms with Crippen molar-refractivity contribution < 1.29 is 9.90 Å². The van der Waals surface area contributed by atoms with Crippen LogP contribution in [0.25, 0.3) is 11.8 Å². The van der Waals surface area contributed by atoms with E-state index in [1.807, 2.05) is 39.0 Å². The number of aromatic nitrogens is 2. The Labute approximate surface area is 183 Å². The molecular weight excluding hydrogens is 408 g/mol. The zero-order valence-corrected chi connectivity index (χ0v) is 18.1. The van der Waals surface area contributed by atoms with Crippen molar-refractivity contribution in [1.82, 2.24) is 9.55 Å². The van der Waals surface area contributed by atoms with E-state index in [0.29, 0.717) is 17.1 Å². The molecule has 1 amide bonds. The molecule has 2 N–H and O–H groups in total. The lowest BCUT2D eigenvalue weighted by Gasteiger charge is -2.13. The van der Waals surface area contributed by atoms with Gasteiger partial charge in [0.15, 0.2) is 0 Å². The quantitative estimate of drug-likeness (QED) is 0.623. The van der Waals surface area contributed by atoms with E-state index in [4.69, 9.17) is 0 Å². The molecule has 2 aromatic carbocycles. The third-order valence-corrected chi connectivity index (χ3v) is 5.47. The molecule has 4 rings (SSSR count). The Hall–Kier alpha value is -4.20. The largest absolute Gasteiger partial charge is 0.494 e. The first-order valence-corrected chi connectivity index (χ1v) is 10.0. The summed E-state index contributed by atoms with van der Waals surface area (Å²) in [5.41, 5.74) is 2.73. The number of benzene rings is 2. The predicted molar refractivity (Wildman–Crippen MR) is 124 cm³/mol. The monoisotopic (exact) mass is 430 g/mol. The first-order valence-electron chi connectivity index (χ1n) is 10.0. The van der Waals surface area contributed by atoms with E-state index in [1.54, 1.807) is 31.2 Å². The Morgan fingerprint density at radius 1 is 0.938 bits per heavy atom. The highest BCUT2D eigenvalue weighted by Gasteiger charge is 2.30. The number of hydrogen-bond acceptors (Lipinski definition) is 5. The van der Waals surface area contributed by atoms with Gasteiger partial charge in [0.2, 0.25) is 5.88 Å². The van der Waals surface area contributed by atoms with Crippen LogP contribution in [0.3, 0.4) is 0 Å². The van der Waals surface area contributed by atoms with Crippen molar-refractivity contribution in [1.29, 1.82) is 0 Å². The van der Waals surface area contributed by atoms with Gasteiger partial charge < -0.3 is 5.11 Å². The van der Waals surface area contributed by atoms with Crippen LogP contribution in [0.4, 0.5) is 5.69 Å². The number of carbonyl (C=O) groups is 1. The summed E-state index contributed by atoms with van der Waals surface area (Å²) >= 11 is 0. The zero-order valence-electron chi connectivity index (χ0n) is 18.1. The maximum absolute atomic E-state index is 13.1. The number of anilines is 1. The van der Waals surface area contributed by atoms with E-state index in [9.17, 15) is 19.5 Å². The van der Waals surface area contributed by atoms with Crippen LogP contribution in [-0.4, -0.2) is 26.3 Å². The highest BCUT2D eigenvalue weighted by atomic mass is 16.3. The Balaban J connectivity index is 1.82. The Morgan fingerprint density at radius 2 is 1.69 bits per heavy atom. The second-order valence-corrected chi connectivity index (χ2v) is 7.80. The van der Waals surface area contributed by atoms with Crippen molar-refractivity contribution in [3.05, 3.63) is 91.1 Å². The van der Waals surface area contributed by atoms with Gasteiger partial charge in [-0.25, -0.2) is 9.36 Å². The van der Waals surface area contributed by atoms with Gasteiger partial charge in [-0.3, -0.25) is 14.6 Å². The van der Waals surface area contributed by atoms with E-state index in [0.717, 1.165) is 21.3 Å². The summed E-state index contributed by atoms with van der Waals surface area (Å²) in [7, 11) is 0. The smallest absolute Gasteiger partial charge is 0.335 e. The highest BCUT2D eigenvalue weighted by Crippen LogP contribution is 2.27. The predicted octanol–water partition coefficient (Wildman–Crippen LogP) is 2.96. The van der Waals surface area contributed by atoms with E-state index in [1.165, 1.54) is 11.1 Å². The first kappa shape index (κ1) is 21.0. The van der Waals surface area contributed by atoms with Crippen LogP contribution in [0, 0.1) is 20.8 Å². The molecule has 0 spiro atoms. The number of H-pyrrole nitrogens is 1. The van der Waals surface area contributed by atoms with Gasteiger partial charge in [0, 0.05) is 0 Å². The van der Waals surface area contributed by atoms with Crippen molar-refractivity contribution in [3.63, 3.8) is 0 Å². The molecule has 0 fully saturated rings. The van der Waals surface area contributed by atoms with Crippen molar-refractivity contribution in [2.75, 3.05) is 5.01 Å². The van der Waals surface area contributed by atoms with Gasteiger partial charge in [-0.2, -0.15) is 10.1 Å². The highest BCUT2D eigenvalue weighted by molar-refractivity contribution is 6.32. The number of aryl methyl sites for hydroxylation is 3. The number of nitrogens with one attached hydrogen (secondary N) is 1. The molecule has 3 aromatic rings. The summed E-state index contributed by atoms with van der Waals surface area (Å²) in [6, 6.07) is 12.5. The molecule has 0 saturated heterocycles. The average Bonchev–Trinajstić information content (AvgIpc) is 3.01. The number of hydrogen-bond donors (Lipinski definition) is 2. The minimum Gasteiger partial charge on any atom is -0.494 e. The summed E-state index contributed by atoms with van der Waals surface area (Å²) < 4.78 is 0.994. The molecule has 0 unspecified atom stereocenters. The lowest BCUT2D eigenvalue weighted by atomic mass is 10.1. The molecule has 1 aromatic heterocycles. The summed E-state index contributed by atoms with van der Waals surface area (Å²) in [5, 5.41) is 16.4. The van der Waals surface area contributed by atoms with Gasteiger partial charge in [0.1, 0.15) is 5.56 Å². The van der Waals surface area contributed by atoms with Crippen molar-refractivity contribution in [2.24, 2.45) is 5.10 Å². The number of nitrogens with zero attached hydrogens (tertiary/aromatic N) is 3. The van der Waals surface area contributed by atoms with Gasteiger partial charge in [-0.15, -0.1) is 0 Å². The average molecular weight is 430 g/mol. The number of hydrazone groups is 1. The molecule has 0 saturated carbocycles. The van der Waals surface area contributed by atoms with E-state index in [-0.39, 0.29) is 11.1 Å². The molecule has 0 radical (unpaired) electrons. The maximum Gasteiger partial charge on any atom is 0.335 e. The van der Waals surface area contributed by atoms with Crippen LogP contribution in [-0.2, 0) is 4.79 Å². The molecule has 0 aliphatic carbocycles. The molecule has 8 nitrogen and oxygen atoms in total. The molecule has 1 aliphatic heterocycles. The third kappa shape index (κ3) is 3.56. The maximum atomic E-state index is 13.1. The standard InChI is InChI=1S/C24H22N4O4/c1-13-6-5-7-17(10-13)27-22(30)20(21(29)25-24(27)32)12-19-16(4)26-28(23(19)31)18-9-8-14(2)15(3)11-18/h5-12,30H,1-4H3,(H,25,29,32)/b19-12+. The minimum absolute atomic E-state index is 0.151. The normalized spacial score (nSPS) is 14.9. The van der Waals surface area contributed by atoms with E-state index >= 15 is 0 Å². The van der Waals surface area contributed by atoms with Gasteiger partial charge in [-0.05, 0) is 74.7 Å². The van der Waals surface area contributed by atoms with Gasteiger partial charge in [0.05, 0.1) is 22.7 Å². The van der Waals surface area contributed by atoms with Crippen LogP contribution in [0.15, 0.2) is 62.7 Å². The van der Waals surface area contributed by atoms with Crippen LogP contribution in [0.1, 0.15) is 29.2 Å². The van der Waals surface area contributed by atoms with Gasteiger partial charge in [0.25, 0.3) is 11.5 Å². The topological polar surface area (TPSA) is 108 Å². The van der Waals surface area contributed by atoms with E-state index < -0.39 is 23.0 Å². The summed E-state index contributed by atoms with van der Waals surface area (Å²) in [5.74, 6) is -0.986. The second-order valence-electron chi connectivity index (χ2n) is 7.80. The molecular formula is C24H22N4O4. The molecule has 0 atom stereocenters. The molecule has 0 bridgehead atoms. The third-order valence-electron chi connectivity index (χ3n) is 5.47.